The van der Waals surface area contributed by atoms with Crippen molar-refractivity contribution < 1.29 is 31.1 Å². The lowest BCUT2D eigenvalue weighted by Crippen LogP contribution is -2.38. The van der Waals surface area contributed by atoms with Gasteiger partial charge in [0.25, 0.3) is 15.9 Å². The van der Waals surface area contributed by atoms with Crippen molar-refractivity contribution in [3.8, 4) is 5.75 Å². The fourth-order valence-corrected chi connectivity index (χ4v) is 4.00. The zero-order valence-corrected chi connectivity index (χ0v) is 17.6. The minimum atomic E-state index is -4.71. The molecule has 1 amide bonds. The molecule has 32 heavy (non-hydrogen) atoms. The van der Waals surface area contributed by atoms with Crippen molar-refractivity contribution >= 4 is 21.6 Å². The molecule has 0 fully saturated rings. The smallest absolute Gasteiger partial charge is 0.412 e. The number of methoxy groups -OCH3 is 1. The van der Waals surface area contributed by atoms with Crippen LogP contribution in [0.2, 0.25) is 0 Å². The van der Waals surface area contributed by atoms with Crippen LogP contribution < -0.4 is 14.8 Å². The average molecular weight is 464 g/mol. The third-order valence-electron chi connectivity index (χ3n) is 4.51. The second-order valence-corrected chi connectivity index (χ2v) is 8.37. The molecule has 10 heteroatoms. The van der Waals surface area contributed by atoms with Crippen molar-refractivity contribution in [2.75, 3.05) is 11.8 Å². The quantitative estimate of drug-likeness (QED) is 0.538. The SMILES string of the molecule is COc1ccccc1NS(=O)(=O)c1ccc(C(=O)NC(c2ccccc2)C(F)(F)F)cc1. The van der Waals surface area contributed by atoms with E-state index in [0.29, 0.717) is 5.75 Å². The fourth-order valence-electron chi connectivity index (χ4n) is 2.93. The van der Waals surface area contributed by atoms with E-state index in [9.17, 15) is 26.4 Å². The molecule has 0 aromatic heterocycles. The number of benzene rings is 3. The molecule has 0 aliphatic rings. The van der Waals surface area contributed by atoms with Gasteiger partial charge < -0.3 is 10.1 Å². The van der Waals surface area contributed by atoms with Crippen LogP contribution in [0.25, 0.3) is 0 Å². The highest BCUT2D eigenvalue weighted by molar-refractivity contribution is 7.92. The highest BCUT2D eigenvalue weighted by Crippen LogP contribution is 2.33. The topological polar surface area (TPSA) is 84.5 Å². The number of hydrogen-bond donors (Lipinski definition) is 2. The van der Waals surface area contributed by atoms with Gasteiger partial charge in [0.15, 0.2) is 6.04 Å². The first-order valence-corrected chi connectivity index (χ1v) is 10.8. The summed E-state index contributed by atoms with van der Waals surface area (Å²) in [7, 11) is -2.63. The van der Waals surface area contributed by atoms with Crippen molar-refractivity contribution in [1.82, 2.24) is 5.32 Å². The van der Waals surface area contributed by atoms with Gasteiger partial charge in [0.05, 0.1) is 17.7 Å². The zero-order chi connectivity index (χ0) is 23.4. The maximum Gasteiger partial charge on any atom is 0.412 e. The summed E-state index contributed by atoms with van der Waals surface area (Å²) in [5.74, 6) is -0.677. The molecule has 0 aliphatic carbocycles. The van der Waals surface area contributed by atoms with Crippen molar-refractivity contribution in [3.63, 3.8) is 0 Å². The molecule has 3 aromatic rings. The summed E-state index contributed by atoms with van der Waals surface area (Å²) in [4.78, 5) is 12.2. The van der Waals surface area contributed by atoms with Gasteiger partial charge in [-0.1, -0.05) is 42.5 Å². The monoisotopic (exact) mass is 464 g/mol. The Morgan fingerprint density at radius 3 is 2.09 bits per heavy atom. The van der Waals surface area contributed by atoms with E-state index < -0.39 is 28.1 Å². The van der Waals surface area contributed by atoms with Crippen LogP contribution in [-0.2, 0) is 10.0 Å². The van der Waals surface area contributed by atoms with E-state index in [1.165, 1.54) is 37.4 Å². The Bertz CT molecular complexity index is 1180. The van der Waals surface area contributed by atoms with Crippen LogP contribution in [0.15, 0.2) is 83.8 Å². The summed E-state index contributed by atoms with van der Waals surface area (Å²) in [6.45, 7) is 0. The first-order valence-electron chi connectivity index (χ1n) is 9.30. The Morgan fingerprint density at radius 1 is 0.906 bits per heavy atom. The predicted molar refractivity (Wildman–Crippen MR) is 113 cm³/mol. The molecule has 0 bridgehead atoms. The zero-order valence-electron chi connectivity index (χ0n) is 16.8. The summed E-state index contributed by atoms with van der Waals surface area (Å²) in [6, 6.07) is 15.7. The highest BCUT2D eigenvalue weighted by Gasteiger charge is 2.41. The summed E-state index contributed by atoms with van der Waals surface area (Å²) < 4.78 is 73.1. The van der Waals surface area contributed by atoms with Crippen LogP contribution in [0, 0.1) is 0 Å². The largest absolute Gasteiger partial charge is 0.495 e. The second kappa shape index (κ2) is 9.31. The van der Waals surface area contributed by atoms with Crippen LogP contribution in [-0.4, -0.2) is 27.6 Å². The number of carbonyl (C=O) groups is 1. The Balaban J connectivity index is 1.79. The van der Waals surface area contributed by atoms with Gasteiger partial charge in [-0.05, 0) is 42.0 Å². The Kier molecular flexibility index (Phi) is 6.73. The molecule has 0 heterocycles. The van der Waals surface area contributed by atoms with Crippen molar-refractivity contribution in [2.45, 2.75) is 17.1 Å². The number of nitrogens with one attached hydrogen (secondary N) is 2. The summed E-state index contributed by atoms with van der Waals surface area (Å²) >= 11 is 0. The van der Waals surface area contributed by atoms with E-state index in [1.807, 2.05) is 5.32 Å². The first kappa shape index (κ1) is 23.1. The van der Waals surface area contributed by atoms with Gasteiger partial charge in [-0.2, -0.15) is 13.2 Å². The number of anilines is 1. The maximum atomic E-state index is 13.5. The number of hydrogen-bond acceptors (Lipinski definition) is 4. The number of alkyl halides is 3. The summed E-state index contributed by atoms with van der Waals surface area (Å²) in [6.07, 6.45) is -4.71. The molecule has 0 spiro atoms. The van der Waals surface area contributed by atoms with E-state index in [1.54, 1.807) is 24.3 Å². The number of amides is 1. The molecule has 3 aromatic carbocycles. The van der Waals surface area contributed by atoms with E-state index in [-0.39, 0.29) is 21.7 Å². The van der Waals surface area contributed by atoms with Crippen molar-refractivity contribution in [2.24, 2.45) is 0 Å². The minimum Gasteiger partial charge on any atom is -0.495 e. The Hall–Kier alpha value is -3.53. The molecular formula is C22H19F3N2O4S. The molecule has 1 atom stereocenters. The summed E-state index contributed by atoms with van der Waals surface area (Å²) in [5, 5.41) is 1.96. The van der Waals surface area contributed by atoms with Gasteiger partial charge in [0.2, 0.25) is 0 Å². The maximum absolute atomic E-state index is 13.5. The molecule has 6 nitrogen and oxygen atoms in total. The van der Waals surface area contributed by atoms with Crippen LogP contribution >= 0.6 is 0 Å². The van der Waals surface area contributed by atoms with Gasteiger partial charge >= 0.3 is 6.18 Å². The molecule has 0 saturated carbocycles. The molecular weight excluding hydrogens is 445 g/mol. The summed E-state index contributed by atoms with van der Waals surface area (Å²) in [5.41, 5.74) is -0.0207. The predicted octanol–water partition coefficient (Wildman–Crippen LogP) is 4.53. The standard InChI is InChI=1S/C22H19F3N2O4S/c1-31-19-10-6-5-9-18(19)27-32(29,30)17-13-11-16(12-14-17)21(28)26-20(22(23,24)25)15-7-3-2-4-8-15/h2-14,20,27H,1H3,(H,26,28). The lowest BCUT2D eigenvalue weighted by molar-refractivity contribution is -0.155. The lowest BCUT2D eigenvalue weighted by Gasteiger charge is -2.22. The van der Waals surface area contributed by atoms with Crippen molar-refractivity contribution in [1.29, 1.82) is 0 Å². The highest BCUT2D eigenvalue weighted by atomic mass is 32.2. The van der Waals surface area contributed by atoms with E-state index >= 15 is 0 Å². The van der Waals surface area contributed by atoms with Crippen LogP contribution in [0.4, 0.5) is 18.9 Å². The molecule has 168 valence electrons. The van der Waals surface area contributed by atoms with E-state index in [0.717, 1.165) is 24.3 Å². The lowest BCUT2D eigenvalue weighted by atomic mass is 10.1. The van der Waals surface area contributed by atoms with Gasteiger partial charge in [0, 0.05) is 5.56 Å². The van der Waals surface area contributed by atoms with Crippen LogP contribution in [0.5, 0.6) is 5.75 Å². The third kappa shape index (κ3) is 5.38. The number of para-hydroxylation sites is 2. The van der Waals surface area contributed by atoms with Gasteiger partial charge in [-0.3, -0.25) is 9.52 Å². The second-order valence-electron chi connectivity index (χ2n) is 6.69. The third-order valence-corrected chi connectivity index (χ3v) is 5.90. The van der Waals surface area contributed by atoms with E-state index in [2.05, 4.69) is 4.72 Å². The fraction of sp³-hybridized carbons (Fsp3) is 0.136. The van der Waals surface area contributed by atoms with Crippen molar-refractivity contribution in [3.05, 3.63) is 90.0 Å². The van der Waals surface area contributed by atoms with Gasteiger partial charge in [0.1, 0.15) is 5.75 Å². The first-order chi connectivity index (χ1) is 15.1. The number of carbonyl (C=O) groups excluding carboxylic acids is 1. The molecule has 0 saturated heterocycles. The molecule has 1 unspecified atom stereocenters. The Morgan fingerprint density at radius 2 is 1.50 bits per heavy atom. The molecule has 0 radical (unpaired) electrons. The number of halogens is 3. The van der Waals surface area contributed by atoms with Gasteiger partial charge in [-0.15, -0.1) is 0 Å². The molecule has 3 rings (SSSR count). The Labute approximate surface area is 183 Å². The van der Waals surface area contributed by atoms with Crippen LogP contribution in [0.3, 0.4) is 0 Å². The normalized spacial score (nSPS) is 12.6. The number of sulfonamides is 1. The average Bonchev–Trinajstić information content (AvgIpc) is 2.77. The number of ether oxygens (including phenoxy) is 1. The van der Waals surface area contributed by atoms with Crippen LogP contribution in [0.1, 0.15) is 22.0 Å². The molecule has 2 N–H and O–H groups in total. The van der Waals surface area contributed by atoms with E-state index in [4.69, 9.17) is 4.74 Å². The minimum absolute atomic E-state index is 0.117. The van der Waals surface area contributed by atoms with Gasteiger partial charge in [-0.25, -0.2) is 8.42 Å². The molecule has 0 aliphatic heterocycles. The number of rotatable bonds is 7.